The number of halogens is 1. The fourth-order valence-electron chi connectivity index (χ4n) is 1.37. The second kappa shape index (κ2) is 5.29. The standard InChI is InChI=1S/C12H10ClNO2S/c1-8-14-11(7-17-8)6-16-12-3-2-10(13)4-9(12)5-15/h2-5,7H,6H2,1H3. The Morgan fingerprint density at radius 3 is 3.00 bits per heavy atom. The minimum Gasteiger partial charge on any atom is -0.487 e. The lowest BCUT2D eigenvalue weighted by Gasteiger charge is -2.06. The van der Waals surface area contributed by atoms with Crippen LogP contribution >= 0.6 is 22.9 Å². The van der Waals surface area contributed by atoms with Gasteiger partial charge in [-0.15, -0.1) is 11.3 Å². The Kier molecular flexibility index (Phi) is 3.76. The van der Waals surface area contributed by atoms with Crippen molar-refractivity contribution in [2.24, 2.45) is 0 Å². The van der Waals surface area contributed by atoms with Gasteiger partial charge in [-0.2, -0.15) is 0 Å². The highest BCUT2D eigenvalue weighted by Crippen LogP contribution is 2.22. The average molecular weight is 268 g/mol. The number of hydrogen-bond donors (Lipinski definition) is 0. The lowest BCUT2D eigenvalue weighted by molar-refractivity contribution is 0.111. The predicted octanol–water partition coefficient (Wildman–Crippen LogP) is 3.50. The van der Waals surface area contributed by atoms with Crippen LogP contribution in [0.1, 0.15) is 21.1 Å². The van der Waals surface area contributed by atoms with E-state index in [0.29, 0.717) is 22.9 Å². The fourth-order valence-corrected chi connectivity index (χ4v) is 2.15. The van der Waals surface area contributed by atoms with Gasteiger partial charge in [-0.3, -0.25) is 4.79 Å². The van der Waals surface area contributed by atoms with Crippen LogP contribution in [0.25, 0.3) is 0 Å². The number of aromatic nitrogens is 1. The normalized spacial score (nSPS) is 10.2. The molecule has 0 N–H and O–H groups in total. The summed E-state index contributed by atoms with van der Waals surface area (Å²) in [5, 5.41) is 3.45. The van der Waals surface area contributed by atoms with E-state index in [0.717, 1.165) is 17.0 Å². The van der Waals surface area contributed by atoms with Crippen LogP contribution in [0.5, 0.6) is 5.75 Å². The first-order valence-electron chi connectivity index (χ1n) is 4.97. The van der Waals surface area contributed by atoms with Gasteiger partial charge in [0.25, 0.3) is 0 Å². The number of thiazole rings is 1. The smallest absolute Gasteiger partial charge is 0.153 e. The summed E-state index contributed by atoms with van der Waals surface area (Å²) in [5.74, 6) is 0.523. The van der Waals surface area contributed by atoms with Gasteiger partial charge in [0, 0.05) is 10.4 Å². The molecule has 0 aliphatic rings. The number of hydrogen-bond acceptors (Lipinski definition) is 4. The van der Waals surface area contributed by atoms with Gasteiger partial charge in [0.15, 0.2) is 6.29 Å². The first-order valence-corrected chi connectivity index (χ1v) is 6.23. The Morgan fingerprint density at radius 1 is 1.53 bits per heavy atom. The summed E-state index contributed by atoms with van der Waals surface area (Å²) < 4.78 is 5.54. The van der Waals surface area contributed by atoms with Crippen molar-refractivity contribution in [3.63, 3.8) is 0 Å². The van der Waals surface area contributed by atoms with E-state index in [9.17, 15) is 4.79 Å². The second-order valence-electron chi connectivity index (χ2n) is 3.45. The van der Waals surface area contributed by atoms with Gasteiger partial charge < -0.3 is 4.74 Å². The maximum absolute atomic E-state index is 10.8. The van der Waals surface area contributed by atoms with E-state index in [1.807, 2.05) is 12.3 Å². The van der Waals surface area contributed by atoms with Crippen molar-refractivity contribution in [1.82, 2.24) is 4.98 Å². The van der Waals surface area contributed by atoms with Gasteiger partial charge in [0.05, 0.1) is 16.3 Å². The molecule has 0 saturated carbocycles. The zero-order valence-corrected chi connectivity index (χ0v) is 10.7. The first-order chi connectivity index (χ1) is 8.19. The van der Waals surface area contributed by atoms with E-state index in [4.69, 9.17) is 16.3 Å². The topological polar surface area (TPSA) is 39.2 Å². The molecule has 0 aliphatic heterocycles. The zero-order chi connectivity index (χ0) is 12.3. The Labute approximate surface area is 108 Å². The van der Waals surface area contributed by atoms with Gasteiger partial charge in [-0.1, -0.05) is 11.6 Å². The number of carbonyl (C=O) groups is 1. The molecule has 2 rings (SSSR count). The Balaban J connectivity index is 2.11. The van der Waals surface area contributed by atoms with Crippen molar-refractivity contribution in [1.29, 1.82) is 0 Å². The highest BCUT2D eigenvalue weighted by Gasteiger charge is 2.05. The van der Waals surface area contributed by atoms with Gasteiger partial charge in [0.1, 0.15) is 12.4 Å². The summed E-state index contributed by atoms with van der Waals surface area (Å²) in [4.78, 5) is 15.1. The molecule has 0 aliphatic carbocycles. The molecule has 0 atom stereocenters. The quantitative estimate of drug-likeness (QED) is 0.796. The van der Waals surface area contributed by atoms with Crippen LogP contribution in [0.4, 0.5) is 0 Å². The van der Waals surface area contributed by atoms with E-state index >= 15 is 0 Å². The van der Waals surface area contributed by atoms with E-state index in [-0.39, 0.29) is 0 Å². The number of ether oxygens (including phenoxy) is 1. The van der Waals surface area contributed by atoms with Crippen molar-refractivity contribution in [3.05, 3.63) is 44.9 Å². The molecule has 3 nitrogen and oxygen atoms in total. The summed E-state index contributed by atoms with van der Waals surface area (Å²) in [5.41, 5.74) is 1.31. The van der Waals surface area contributed by atoms with Gasteiger partial charge >= 0.3 is 0 Å². The van der Waals surface area contributed by atoms with Crippen molar-refractivity contribution in [2.75, 3.05) is 0 Å². The number of carbonyl (C=O) groups excluding carboxylic acids is 1. The highest BCUT2D eigenvalue weighted by atomic mass is 35.5. The van der Waals surface area contributed by atoms with E-state index in [1.165, 1.54) is 0 Å². The molecule has 1 aromatic carbocycles. The van der Waals surface area contributed by atoms with E-state index in [1.54, 1.807) is 29.5 Å². The largest absolute Gasteiger partial charge is 0.487 e. The monoisotopic (exact) mass is 267 g/mol. The number of benzene rings is 1. The molecule has 0 spiro atoms. The molecule has 0 radical (unpaired) electrons. The zero-order valence-electron chi connectivity index (χ0n) is 9.14. The molecule has 5 heteroatoms. The number of aldehydes is 1. The Morgan fingerprint density at radius 2 is 2.35 bits per heavy atom. The van der Waals surface area contributed by atoms with Crippen LogP contribution in [0, 0.1) is 6.92 Å². The van der Waals surface area contributed by atoms with Gasteiger partial charge in [-0.25, -0.2) is 4.98 Å². The molecule has 88 valence electrons. The minimum atomic E-state index is 0.354. The van der Waals surface area contributed by atoms with Crippen molar-refractivity contribution >= 4 is 29.2 Å². The summed E-state index contributed by atoms with van der Waals surface area (Å²) in [7, 11) is 0. The van der Waals surface area contributed by atoms with Crippen LogP contribution in [0.2, 0.25) is 5.02 Å². The molecule has 0 unspecified atom stereocenters. The van der Waals surface area contributed by atoms with Crippen LogP contribution in [-0.4, -0.2) is 11.3 Å². The third kappa shape index (κ3) is 3.05. The maximum atomic E-state index is 10.8. The molecule has 2 aromatic rings. The molecule has 0 fully saturated rings. The van der Waals surface area contributed by atoms with Crippen molar-refractivity contribution in [3.8, 4) is 5.75 Å². The average Bonchev–Trinajstić information content (AvgIpc) is 2.73. The maximum Gasteiger partial charge on any atom is 0.153 e. The summed E-state index contributed by atoms with van der Waals surface area (Å²) in [6.45, 7) is 2.29. The van der Waals surface area contributed by atoms with E-state index in [2.05, 4.69) is 4.98 Å². The first kappa shape index (κ1) is 12.1. The third-order valence-corrected chi connectivity index (χ3v) is 3.20. The molecule has 0 amide bonds. The molecule has 1 aromatic heterocycles. The number of nitrogens with zero attached hydrogens (tertiary/aromatic N) is 1. The molecule has 17 heavy (non-hydrogen) atoms. The van der Waals surface area contributed by atoms with E-state index < -0.39 is 0 Å². The van der Waals surface area contributed by atoms with Crippen molar-refractivity contribution in [2.45, 2.75) is 13.5 Å². The van der Waals surface area contributed by atoms with Crippen LogP contribution in [0.3, 0.4) is 0 Å². The van der Waals surface area contributed by atoms with Crippen LogP contribution in [-0.2, 0) is 6.61 Å². The third-order valence-electron chi connectivity index (χ3n) is 2.14. The number of rotatable bonds is 4. The van der Waals surface area contributed by atoms with Gasteiger partial charge in [-0.05, 0) is 25.1 Å². The SMILES string of the molecule is Cc1nc(COc2ccc(Cl)cc2C=O)cs1. The molecular weight excluding hydrogens is 258 g/mol. The summed E-state index contributed by atoms with van der Waals surface area (Å²) in [6, 6.07) is 4.96. The summed E-state index contributed by atoms with van der Waals surface area (Å²) in [6.07, 6.45) is 0.730. The number of aryl methyl sites for hydroxylation is 1. The van der Waals surface area contributed by atoms with Gasteiger partial charge in [0.2, 0.25) is 0 Å². The molecule has 1 heterocycles. The fraction of sp³-hybridized carbons (Fsp3) is 0.167. The Bertz CT molecular complexity index is 539. The second-order valence-corrected chi connectivity index (χ2v) is 4.95. The minimum absolute atomic E-state index is 0.354. The van der Waals surface area contributed by atoms with Crippen LogP contribution < -0.4 is 4.74 Å². The van der Waals surface area contributed by atoms with Crippen molar-refractivity contribution < 1.29 is 9.53 Å². The van der Waals surface area contributed by atoms with Crippen LogP contribution in [0.15, 0.2) is 23.6 Å². The molecule has 0 saturated heterocycles. The summed E-state index contributed by atoms with van der Waals surface area (Å²) >= 11 is 7.36. The molecule has 0 bridgehead atoms. The predicted molar refractivity (Wildman–Crippen MR) is 68.0 cm³/mol. The Hall–Kier alpha value is -1.39. The lowest BCUT2D eigenvalue weighted by Crippen LogP contribution is -1.98. The lowest BCUT2D eigenvalue weighted by atomic mass is 10.2. The molecular formula is C12H10ClNO2S. The highest BCUT2D eigenvalue weighted by molar-refractivity contribution is 7.09.